The third-order valence-electron chi connectivity index (χ3n) is 3.13. The van der Waals surface area contributed by atoms with E-state index in [4.69, 9.17) is 10.5 Å². The molecular weight excluding hydrogens is 330 g/mol. The number of carbonyl (C=O) groups is 1. The number of Topliss-reactive ketones (excluding diaryl/α,β-unsaturated/α-hetero) is 1. The molecule has 2 N–H and O–H groups in total. The van der Waals surface area contributed by atoms with Gasteiger partial charge in [-0.1, -0.05) is 41.9 Å². The summed E-state index contributed by atoms with van der Waals surface area (Å²) < 4.78 is 6.74. The Morgan fingerprint density at radius 3 is 2.43 bits per heavy atom. The van der Waals surface area contributed by atoms with Crippen molar-refractivity contribution in [2.45, 2.75) is 20.5 Å². The second kappa shape index (κ2) is 6.76. The molecule has 0 aliphatic carbocycles. The molecule has 0 aromatic heterocycles. The summed E-state index contributed by atoms with van der Waals surface area (Å²) in [5.74, 6) is 0.637. The first kappa shape index (κ1) is 15.6. The maximum Gasteiger partial charge on any atom is 0.165 e. The van der Waals surface area contributed by atoms with E-state index in [9.17, 15) is 4.79 Å². The molecule has 0 heterocycles. The molecule has 0 radical (unpaired) electrons. The van der Waals surface area contributed by atoms with Crippen LogP contribution in [-0.4, -0.2) is 5.78 Å². The fourth-order valence-corrected chi connectivity index (χ4v) is 2.17. The van der Waals surface area contributed by atoms with Crippen LogP contribution in [0.3, 0.4) is 0 Å². The minimum atomic E-state index is -0.0427. The van der Waals surface area contributed by atoms with Crippen LogP contribution in [0.25, 0.3) is 0 Å². The molecule has 0 saturated heterocycles. The van der Waals surface area contributed by atoms with Crippen LogP contribution >= 0.6 is 15.9 Å². The van der Waals surface area contributed by atoms with Crippen molar-refractivity contribution in [2.75, 3.05) is 5.73 Å². The van der Waals surface area contributed by atoms with E-state index in [1.54, 1.807) is 18.2 Å². The van der Waals surface area contributed by atoms with E-state index in [0.717, 1.165) is 10.0 Å². The Balaban J connectivity index is 2.07. The molecule has 2 aromatic carbocycles. The topological polar surface area (TPSA) is 52.3 Å². The highest BCUT2D eigenvalue weighted by Crippen LogP contribution is 2.25. The van der Waals surface area contributed by atoms with Gasteiger partial charge in [-0.15, -0.1) is 0 Å². The summed E-state index contributed by atoms with van der Waals surface area (Å²) in [5, 5.41) is 0. The van der Waals surface area contributed by atoms with Crippen molar-refractivity contribution in [1.29, 1.82) is 0 Å². The summed E-state index contributed by atoms with van der Waals surface area (Å²) >= 11 is 3.39. The van der Waals surface area contributed by atoms with Gasteiger partial charge in [-0.05, 0) is 35.9 Å². The van der Waals surface area contributed by atoms with E-state index < -0.39 is 0 Å². The van der Waals surface area contributed by atoms with Crippen LogP contribution in [0.15, 0.2) is 46.9 Å². The van der Waals surface area contributed by atoms with Crippen molar-refractivity contribution in [3.8, 4) is 5.75 Å². The molecule has 0 saturated carbocycles. The van der Waals surface area contributed by atoms with Crippen molar-refractivity contribution in [2.24, 2.45) is 5.92 Å². The smallest absolute Gasteiger partial charge is 0.165 e. The van der Waals surface area contributed by atoms with Crippen LogP contribution in [0.2, 0.25) is 0 Å². The van der Waals surface area contributed by atoms with Crippen molar-refractivity contribution >= 4 is 27.4 Å². The molecule has 4 heteroatoms. The lowest BCUT2D eigenvalue weighted by Gasteiger charge is -2.11. The molecule has 0 spiro atoms. The standard InChI is InChI=1S/C17H18BrNO2/c1-11(2)17(20)13-5-8-16(15(19)9-13)21-10-12-3-6-14(18)7-4-12/h3-9,11H,10,19H2,1-2H3. The van der Waals surface area contributed by atoms with Gasteiger partial charge in [0.05, 0.1) is 5.69 Å². The number of hydrogen-bond acceptors (Lipinski definition) is 3. The second-order valence-corrected chi connectivity index (χ2v) is 6.10. The highest BCUT2D eigenvalue weighted by atomic mass is 79.9. The van der Waals surface area contributed by atoms with Gasteiger partial charge in [0.25, 0.3) is 0 Å². The fourth-order valence-electron chi connectivity index (χ4n) is 1.91. The van der Waals surface area contributed by atoms with Crippen LogP contribution in [-0.2, 0) is 6.61 Å². The molecule has 0 bridgehead atoms. The Kier molecular flexibility index (Phi) is 5.02. The summed E-state index contributed by atoms with van der Waals surface area (Å²) in [7, 11) is 0. The van der Waals surface area contributed by atoms with E-state index in [1.807, 2.05) is 38.1 Å². The lowest BCUT2D eigenvalue weighted by Crippen LogP contribution is -2.08. The van der Waals surface area contributed by atoms with Gasteiger partial charge in [-0.3, -0.25) is 4.79 Å². The highest BCUT2D eigenvalue weighted by molar-refractivity contribution is 9.10. The second-order valence-electron chi connectivity index (χ2n) is 5.19. The average molecular weight is 348 g/mol. The van der Waals surface area contributed by atoms with Crippen LogP contribution in [0.5, 0.6) is 5.75 Å². The number of ether oxygens (including phenoxy) is 1. The number of carbonyl (C=O) groups excluding carboxylic acids is 1. The van der Waals surface area contributed by atoms with Gasteiger partial charge in [-0.2, -0.15) is 0 Å². The third-order valence-corrected chi connectivity index (χ3v) is 3.65. The molecule has 0 fully saturated rings. The van der Waals surface area contributed by atoms with Gasteiger partial charge in [-0.25, -0.2) is 0 Å². The molecule has 0 atom stereocenters. The summed E-state index contributed by atoms with van der Waals surface area (Å²) in [6.07, 6.45) is 0. The zero-order valence-electron chi connectivity index (χ0n) is 12.1. The largest absolute Gasteiger partial charge is 0.487 e. The maximum absolute atomic E-state index is 11.9. The molecular formula is C17H18BrNO2. The van der Waals surface area contributed by atoms with E-state index in [2.05, 4.69) is 15.9 Å². The minimum Gasteiger partial charge on any atom is -0.487 e. The number of anilines is 1. The molecule has 0 unspecified atom stereocenters. The first-order valence-corrected chi connectivity index (χ1v) is 7.57. The first-order chi connectivity index (χ1) is 9.97. The zero-order chi connectivity index (χ0) is 15.4. The molecule has 110 valence electrons. The van der Waals surface area contributed by atoms with Gasteiger partial charge < -0.3 is 10.5 Å². The van der Waals surface area contributed by atoms with Gasteiger partial charge in [0.1, 0.15) is 12.4 Å². The first-order valence-electron chi connectivity index (χ1n) is 6.78. The molecule has 2 rings (SSSR count). The third kappa shape index (κ3) is 4.08. The maximum atomic E-state index is 11.9. The molecule has 0 aliphatic heterocycles. The quantitative estimate of drug-likeness (QED) is 0.642. The normalized spacial score (nSPS) is 10.7. The molecule has 3 nitrogen and oxygen atoms in total. The van der Waals surface area contributed by atoms with Crippen molar-refractivity contribution in [3.05, 3.63) is 58.1 Å². The zero-order valence-corrected chi connectivity index (χ0v) is 13.7. The lowest BCUT2D eigenvalue weighted by atomic mass is 10.0. The Hall–Kier alpha value is -1.81. The Bertz CT molecular complexity index is 636. The van der Waals surface area contributed by atoms with Gasteiger partial charge in [0.2, 0.25) is 0 Å². The number of rotatable bonds is 5. The van der Waals surface area contributed by atoms with E-state index in [-0.39, 0.29) is 11.7 Å². The van der Waals surface area contributed by atoms with E-state index in [1.165, 1.54) is 0 Å². The van der Waals surface area contributed by atoms with Crippen LogP contribution in [0.1, 0.15) is 29.8 Å². The summed E-state index contributed by atoms with van der Waals surface area (Å²) in [6.45, 7) is 4.18. The fraction of sp³-hybridized carbons (Fsp3) is 0.235. The number of nitrogen functional groups attached to an aromatic ring is 1. The number of nitrogens with two attached hydrogens (primary N) is 1. The Morgan fingerprint density at radius 1 is 1.19 bits per heavy atom. The highest BCUT2D eigenvalue weighted by Gasteiger charge is 2.12. The predicted molar refractivity (Wildman–Crippen MR) is 88.5 cm³/mol. The van der Waals surface area contributed by atoms with Crippen molar-refractivity contribution in [3.63, 3.8) is 0 Å². The summed E-state index contributed by atoms with van der Waals surface area (Å²) in [5.41, 5.74) is 8.13. The molecule has 2 aromatic rings. The van der Waals surface area contributed by atoms with Crippen LogP contribution < -0.4 is 10.5 Å². The number of halogens is 1. The lowest BCUT2D eigenvalue weighted by molar-refractivity contribution is 0.0939. The van der Waals surface area contributed by atoms with Crippen molar-refractivity contribution < 1.29 is 9.53 Å². The molecule has 21 heavy (non-hydrogen) atoms. The number of ketones is 1. The number of hydrogen-bond donors (Lipinski definition) is 1. The van der Waals surface area contributed by atoms with E-state index in [0.29, 0.717) is 23.6 Å². The minimum absolute atomic E-state index is 0.0427. The molecule has 0 aliphatic rings. The predicted octanol–water partition coefficient (Wildman–Crippen LogP) is 4.45. The van der Waals surface area contributed by atoms with Crippen molar-refractivity contribution in [1.82, 2.24) is 0 Å². The van der Waals surface area contributed by atoms with Gasteiger partial charge in [0.15, 0.2) is 5.78 Å². The SMILES string of the molecule is CC(C)C(=O)c1ccc(OCc2ccc(Br)cc2)c(N)c1. The summed E-state index contributed by atoms with van der Waals surface area (Å²) in [4.78, 5) is 11.9. The average Bonchev–Trinajstić information content (AvgIpc) is 2.46. The molecule has 0 amide bonds. The van der Waals surface area contributed by atoms with Gasteiger partial charge in [0, 0.05) is 16.0 Å². The van der Waals surface area contributed by atoms with E-state index >= 15 is 0 Å². The summed E-state index contributed by atoms with van der Waals surface area (Å²) in [6, 6.07) is 13.1. The van der Waals surface area contributed by atoms with Gasteiger partial charge >= 0.3 is 0 Å². The monoisotopic (exact) mass is 347 g/mol. The van der Waals surface area contributed by atoms with Crippen LogP contribution in [0.4, 0.5) is 5.69 Å². The Morgan fingerprint density at radius 2 is 1.86 bits per heavy atom. The Labute approximate surface area is 133 Å². The number of benzene rings is 2. The van der Waals surface area contributed by atoms with Crippen LogP contribution in [0, 0.1) is 5.92 Å².